The second kappa shape index (κ2) is 7.19. The quantitative estimate of drug-likeness (QED) is 0.848. The van der Waals surface area contributed by atoms with Crippen LogP contribution in [0.25, 0.3) is 0 Å². The van der Waals surface area contributed by atoms with Gasteiger partial charge in [0, 0.05) is 12.0 Å². The van der Waals surface area contributed by atoms with E-state index in [0.717, 1.165) is 23.3 Å². The number of amides is 1. The van der Waals surface area contributed by atoms with Crippen LogP contribution >= 0.6 is 0 Å². The van der Waals surface area contributed by atoms with Crippen LogP contribution in [0.4, 0.5) is 4.39 Å². The summed E-state index contributed by atoms with van der Waals surface area (Å²) < 4.78 is 24.2. The van der Waals surface area contributed by atoms with Crippen molar-refractivity contribution in [2.24, 2.45) is 5.92 Å². The number of nitrogens with one attached hydrogen (secondary N) is 1. The summed E-state index contributed by atoms with van der Waals surface area (Å²) in [4.78, 5) is 12.8. The van der Waals surface area contributed by atoms with E-state index in [4.69, 9.17) is 9.47 Å². The molecule has 6 heteroatoms. The van der Waals surface area contributed by atoms with Crippen LogP contribution in [-0.4, -0.2) is 30.8 Å². The Bertz CT molecular complexity index is 863. The topological polar surface area (TPSA) is 67.8 Å². The number of ether oxygens (including phenoxy) is 2. The van der Waals surface area contributed by atoms with E-state index in [1.807, 2.05) is 12.1 Å². The third-order valence-corrected chi connectivity index (χ3v) is 5.39. The van der Waals surface area contributed by atoms with Gasteiger partial charge in [0.05, 0.1) is 25.9 Å². The molecular weight excluding hydrogens is 349 g/mol. The van der Waals surface area contributed by atoms with E-state index in [9.17, 15) is 14.3 Å². The summed E-state index contributed by atoms with van der Waals surface area (Å²) in [6.07, 6.45) is 1.82. The number of hydrogen-bond acceptors (Lipinski definition) is 4. The molecular formula is C21H22FNO4. The summed E-state index contributed by atoms with van der Waals surface area (Å²) in [5.41, 5.74) is 2.47. The minimum atomic E-state index is -0.508. The van der Waals surface area contributed by atoms with Gasteiger partial charge in [0.15, 0.2) is 11.6 Å². The number of rotatable bonds is 5. The van der Waals surface area contributed by atoms with Gasteiger partial charge >= 0.3 is 0 Å². The molecule has 4 rings (SSSR count). The highest BCUT2D eigenvalue weighted by molar-refractivity contribution is 5.94. The Morgan fingerprint density at radius 1 is 1.30 bits per heavy atom. The van der Waals surface area contributed by atoms with E-state index in [0.29, 0.717) is 25.0 Å². The van der Waals surface area contributed by atoms with E-state index in [1.165, 1.54) is 25.3 Å². The Morgan fingerprint density at radius 3 is 2.85 bits per heavy atom. The first-order chi connectivity index (χ1) is 13.0. The van der Waals surface area contributed by atoms with Crippen LogP contribution in [0.2, 0.25) is 0 Å². The number of benzene rings is 2. The van der Waals surface area contributed by atoms with Crippen molar-refractivity contribution in [1.82, 2.24) is 5.32 Å². The van der Waals surface area contributed by atoms with Crippen molar-refractivity contribution >= 4 is 5.91 Å². The number of halogens is 1. The Kier molecular flexibility index (Phi) is 4.74. The molecule has 1 heterocycles. The van der Waals surface area contributed by atoms with Crippen LogP contribution in [0.5, 0.6) is 11.5 Å². The maximum absolute atomic E-state index is 13.6. The van der Waals surface area contributed by atoms with Gasteiger partial charge in [-0.15, -0.1) is 0 Å². The van der Waals surface area contributed by atoms with Crippen molar-refractivity contribution in [3.8, 4) is 11.5 Å². The molecule has 1 saturated carbocycles. The van der Waals surface area contributed by atoms with Gasteiger partial charge in [-0.05, 0) is 60.2 Å². The Hall–Kier alpha value is -2.60. The fraction of sp³-hybridized carbons (Fsp3) is 0.381. The average molecular weight is 371 g/mol. The number of aliphatic hydroxyl groups excluding tert-OH is 1. The Labute approximate surface area is 157 Å². The highest BCUT2D eigenvalue weighted by atomic mass is 19.1. The molecule has 1 fully saturated rings. The summed E-state index contributed by atoms with van der Waals surface area (Å²) in [6, 6.07) is 9.82. The largest absolute Gasteiger partial charge is 0.494 e. The number of hydrogen-bond donors (Lipinski definition) is 2. The lowest BCUT2D eigenvalue weighted by molar-refractivity contribution is 0.0235. The van der Waals surface area contributed by atoms with Gasteiger partial charge in [0.1, 0.15) is 5.75 Å². The lowest BCUT2D eigenvalue weighted by atomic mass is 9.74. The van der Waals surface area contributed by atoms with Gasteiger partial charge in [-0.25, -0.2) is 4.39 Å². The highest BCUT2D eigenvalue weighted by Gasteiger charge is 2.36. The third-order valence-electron chi connectivity index (χ3n) is 5.39. The monoisotopic (exact) mass is 371 g/mol. The van der Waals surface area contributed by atoms with Crippen molar-refractivity contribution in [3.05, 3.63) is 58.9 Å². The first-order valence-electron chi connectivity index (χ1n) is 9.13. The van der Waals surface area contributed by atoms with Crippen molar-refractivity contribution in [2.45, 2.75) is 31.4 Å². The summed E-state index contributed by atoms with van der Waals surface area (Å²) in [5.74, 6) is 0.281. The molecule has 2 aromatic carbocycles. The van der Waals surface area contributed by atoms with E-state index in [1.54, 1.807) is 0 Å². The minimum Gasteiger partial charge on any atom is -0.494 e. The molecule has 2 N–H and O–H groups in total. The van der Waals surface area contributed by atoms with Crippen LogP contribution in [0, 0.1) is 11.7 Å². The standard InChI is InChI=1S/C21H22FNO4/c1-26-19-11-14(2-4-17(19)22)21(25)23-20(15-9-16(24)10-15)13-3-5-18-12(8-13)6-7-27-18/h2-5,8,11,15-16,20,24H,6-7,9-10H2,1H3,(H,23,25)/t15?,16?,20-/m1/s1. The molecule has 1 aliphatic heterocycles. The highest BCUT2D eigenvalue weighted by Crippen LogP contribution is 2.40. The maximum Gasteiger partial charge on any atom is 0.251 e. The Balaban J connectivity index is 1.59. The molecule has 142 valence electrons. The first kappa shape index (κ1) is 17.8. The van der Waals surface area contributed by atoms with Crippen molar-refractivity contribution in [1.29, 1.82) is 0 Å². The molecule has 1 amide bonds. The van der Waals surface area contributed by atoms with Gasteiger partial charge < -0.3 is 19.9 Å². The summed E-state index contributed by atoms with van der Waals surface area (Å²) >= 11 is 0. The van der Waals surface area contributed by atoms with Crippen molar-refractivity contribution in [2.75, 3.05) is 13.7 Å². The zero-order valence-electron chi connectivity index (χ0n) is 15.1. The zero-order valence-corrected chi connectivity index (χ0v) is 15.1. The fourth-order valence-electron chi connectivity index (χ4n) is 3.80. The SMILES string of the molecule is COc1cc(C(=O)N[C@H](c2ccc3c(c2)CCO3)C2CC(O)C2)ccc1F. The molecule has 2 aromatic rings. The molecule has 27 heavy (non-hydrogen) atoms. The van der Waals surface area contributed by atoms with Gasteiger partial charge in [-0.3, -0.25) is 4.79 Å². The maximum atomic E-state index is 13.6. The molecule has 0 unspecified atom stereocenters. The van der Waals surface area contributed by atoms with Crippen LogP contribution in [0.3, 0.4) is 0 Å². The zero-order chi connectivity index (χ0) is 19.0. The Morgan fingerprint density at radius 2 is 2.11 bits per heavy atom. The predicted molar refractivity (Wildman–Crippen MR) is 97.5 cm³/mol. The number of fused-ring (bicyclic) bond motifs is 1. The lowest BCUT2D eigenvalue weighted by Crippen LogP contribution is -2.41. The van der Waals surface area contributed by atoms with Crippen molar-refractivity contribution in [3.63, 3.8) is 0 Å². The number of methoxy groups -OCH3 is 1. The smallest absolute Gasteiger partial charge is 0.251 e. The molecule has 0 radical (unpaired) electrons. The molecule has 1 atom stereocenters. The van der Waals surface area contributed by atoms with Crippen LogP contribution in [0.15, 0.2) is 36.4 Å². The third kappa shape index (κ3) is 3.49. The molecule has 2 aliphatic rings. The molecule has 0 spiro atoms. The van der Waals surface area contributed by atoms with Gasteiger partial charge in [-0.1, -0.05) is 6.07 Å². The summed E-state index contributed by atoms with van der Waals surface area (Å²) in [7, 11) is 1.37. The van der Waals surface area contributed by atoms with Crippen molar-refractivity contribution < 1.29 is 23.8 Å². The van der Waals surface area contributed by atoms with E-state index >= 15 is 0 Å². The van der Waals surface area contributed by atoms with Crippen LogP contribution in [0.1, 0.15) is 40.4 Å². The summed E-state index contributed by atoms with van der Waals surface area (Å²) in [6.45, 7) is 0.674. The van der Waals surface area contributed by atoms with E-state index in [-0.39, 0.29) is 29.7 Å². The summed E-state index contributed by atoms with van der Waals surface area (Å²) in [5, 5.41) is 12.8. The normalized spacial score (nSPS) is 21.6. The lowest BCUT2D eigenvalue weighted by Gasteiger charge is -2.38. The number of carbonyl (C=O) groups is 1. The first-order valence-corrected chi connectivity index (χ1v) is 9.13. The second-order valence-electron chi connectivity index (χ2n) is 7.15. The van der Waals surface area contributed by atoms with E-state index < -0.39 is 5.82 Å². The fourth-order valence-corrected chi connectivity index (χ4v) is 3.80. The van der Waals surface area contributed by atoms with E-state index in [2.05, 4.69) is 11.4 Å². The van der Waals surface area contributed by atoms with Gasteiger partial charge in [0.2, 0.25) is 0 Å². The minimum absolute atomic E-state index is 0.0351. The predicted octanol–water partition coefficient (Wildman–Crippen LogP) is 3.01. The van der Waals surface area contributed by atoms with Crippen LogP contribution in [-0.2, 0) is 6.42 Å². The average Bonchev–Trinajstić information content (AvgIpc) is 3.11. The number of aliphatic hydroxyl groups is 1. The van der Waals surface area contributed by atoms with Crippen LogP contribution < -0.4 is 14.8 Å². The van der Waals surface area contributed by atoms with Gasteiger partial charge in [-0.2, -0.15) is 0 Å². The molecule has 0 bridgehead atoms. The number of carbonyl (C=O) groups excluding carboxylic acids is 1. The molecule has 1 aliphatic carbocycles. The molecule has 5 nitrogen and oxygen atoms in total. The van der Waals surface area contributed by atoms with Gasteiger partial charge in [0.25, 0.3) is 5.91 Å². The molecule has 0 aromatic heterocycles. The second-order valence-corrected chi connectivity index (χ2v) is 7.15. The molecule has 0 saturated heterocycles.